The van der Waals surface area contributed by atoms with Crippen molar-refractivity contribution in [3.63, 3.8) is 0 Å². The molecule has 0 radical (unpaired) electrons. The predicted octanol–water partition coefficient (Wildman–Crippen LogP) is 2.71. The lowest BCUT2D eigenvalue weighted by atomic mass is 9.85. The summed E-state index contributed by atoms with van der Waals surface area (Å²) in [6.07, 6.45) is 1.14. The van der Waals surface area contributed by atoms with Crippen molar-refractivity contribution in [2.75, 3.05) is 11.9 Å². The maximum absolute atomic E-state index is 10.6. The molecule has 0 aromatic carbocycles. The number of aromatic carboxylic acids is 1. The fourth-order valence-electron chi connectivity index (χ4n) is 1.90. The number of anilines is 1. The van der Waals surface area contributed by atoms with Crippen molar-refractivity contribution in [2.45, 2.75) is 27.7 Å². The van der Waals surface area contributed by atoms with E-state index in [2.05, 4.69) is 38.0 Å². The van der Waals surface area contributed by atoms with E-state index in [1.165, 1.54) is 0 Å². The Morgan fingerprint density at radius 2 is 2.00 bits per heavy atom. The van der Waals surface area contributed by atoms with Gasteiger partial charge in [0.25, 0.3) is 6.01 Å². The Labute approximate surface area is 101 Å². The number of oxazole rings is 1. The number of carboxylic acid groups (broad SMARTS) is 1. The Balaban J connectivity index is 2.56. The highest BCUT2D eigenvalue weighted by Crippen LogP contribution is 2.21. The summed E-state index contributed by atoms with van der Waals surface area (Å²) in [5.41, 5.74) is -0.0712. The first kappa shape index (κ1) is 13.5. The monoisotopic (exact) mass is 240 g/mol. The molecule has 0 aliphatic heterocycles. The van der Waals surface area contributed by atoms with Crippen LogP contribution in [0.3, 0.4) is 0 Å². The summed E-state index contributed by atoms with van der Waals surface area (Å²) in [6.45, 7) is 9.42. The zero-order valence-electron chi connectivity index (χ0n) is 10.7. The topological polar surface area (TPSA) is 75.4 Å². The third-order valence-corrected chi connectivity index (χ3v) is 2.92. The van der Waals surface area contributed by atoms with Gasteiger partial charge in [0.05, 0.1) is 0 Å². The van der Waals surface area contributed by atoms with Crippen molar-refractivity contribution in [1.82, 2.24) is 4.98 Å². The number of hydrogen-bond donors (Lipinski definition) is 2. The lowest BCUT2D eigenvalue weighted by Crippen LogP contribution is -2.24. The summed E-state index contributed by atoms with van der Waals surface area (Å²) in [4.78, 5) is 14.4. The molecular formula is C12H20N2O3. The van der Waals surface area contributed by atoms with Gasteiger partial charge in [0.2, 0.25) is 0 Å². The van der Waals surface area contributed by atoms with Crippen LogP contribution in [0.4, 0.5) is 6.01 Å². The van der Waals surface area contributed by atoms with Crippen molar-refractivity contribution in [2.24, 2.45) is 17.8 Å². The minimum Gasteiger partial charge on any atom is -0.476 e. The van der Waals surface area contributed by atoms with Crippen molar-refractivity contribution < 1.29 is 14.3 Å². The average Bonchev–Trinajstić information content (AvgIpc) is 2.65. The van der Waals surface area contributed by atoms with Gasteiger partial charge in [-0.1, -0.05) is 27.7 Å². The lowest BCUT2D eigenvalue weighted by Gasteiger charge is -2.24. The molecule has 1 aromatic rings. The third kappa shape index (κ3) is 3.76. The van der Waals surface area contributed by atoms with Crippen molar-refractivity contribution in [3.05, 3.63) is 12.0 Å². The first-order valence-electron chi connectivity index (χ1n) is 5.84. The second-order valence-corrected chi connectivity index (χ2v) is 4.88. The second-order valence-electron chi connectivity index (χ2n) is 4.88. The van der Waals surface area contributed by atoms with E-state index in [4.69, 9.17) is 9.52 Å². The van der Waals surface area contributed by atoms with Gasteiger partial charge in [-0.15, -0.1) is 0 Å². The van der Waals surface area contributed by atoms with Crippen LogP contribution >= 0.6 is 0 Å². The molecule has 0 bridgehead atoms. The first-order valence-corrected chi connectivity index (χ1v) is 5.84. The van der Waals surface area contributed by atoms with Crippen LogP contribution in [-0.2, 0) is 0 Å². The van der Waals surface area contributed by atoms with Gasteiger partial charge in [0, 0.05) is 6.54 Å². The molecule has 0 atom stereocenters. The number of hydrogen-bond acceptors (Lipinski definition) is 4. The fourth-order valence-corrected chi connectivity index (χ4v) is 1.90. The van der Waals surface area contributed by atoms with Crippen LogP contribution in [0, 0.1) is 17.8 Å². The van der Waals surface area contributed by atoms with Crippen LogP contribution in [-0.4, -0.2) is 22.6 Å². The van der Waals surface area contributed by atoms with E-state index in [0.29, 0.717) is 17.8 Å². The van der Waals surface area contributed by atoms with E-state index in [0.717, 1.165) is 12.8 Å². The average molecular weight is 240 g/mol. The number of carbonyl (C=O) groups is 1. The van der Waals surface area contributed by atoms with E-state index < -0.39 is 5.97 Å². The number of rotatable bonds is 6. The Morgan fingerprint density at radius 1 is 1.41 bits per heavy atom. The second kappa shape index (κ2) is 5.70. The lowest BCUT2D eigenvalue weighted by molar-refractivity contribution is 0.0690. The Bertz CT molecular complexity index is 364. The van der Waals surface area contributed by atoms with Gasteiger partial charge in [-0.2, -0.15) is 4.98 Å². The number of aromatic nitrogens is 1. The van der Waals surface area contributed by atoms with Gasteiger partial charge >= 0.3 is 5.97 Å². The van der Waals surface area contributed by atoms with Gasteiger partial charge in [0.1, 0.15) is 6.26 Å². The molecule has 0 unspecified atom stereocenters. The van der Waals surface area contributed by atoms with E-state index in [1.54, 1.807) is 0 Å². The summed E-state index contributed by atoms with van der Waals surface area (Å²) in [5.74, 6) is 0.522. The molecule has 17 heavy (non-hydrogen) atoms. The van der Waals surface area contributed by atoms with Gasteiger partial charge in [-0.3, -0.25) is 0 Å². The van der Waals surface area contributed by atoms with E-state index in [-0.39, 0.29) is 11.7 Å². The largest absolute Gasteiger partial charge is 0.476 e. The minimum absolute atomic E-state index is 0.0712. The Kier molecular flexibility index (Phi) is 4.54. The van der Waals surface area contributed by atoms with E-state index in [1.807, 2.05) is 0 Å². The van der Waals surface area contributed by atoms with Gasteiger partial charge in [0.15, 0.2) is 5.69 Å². The SMILES string of the molecule is CC(C)C(CNc1nc(C(=O)O)co1)C(C)C. The van der Waals surface area contributed by atoms with Gasteiger partial charge in [-0.05, 0) is 17.8 Å². The summed E-state index contributed by atoms with van der Waals surface area (Å²) >= 11 is 0. The molecule has 2 N–H and O–H groups in total. The molecule has 96 valence electrons. The molecule has 5 heteroatoms. The van der Waals surface area contributed by atoms with Crippen LogP contribution in [0.25, 0.3) is 0 Å². The Hall–Kier alpha value is -1.52. The van der Waals surface area contributed by atoms with E-state index in [9.17, 15) is 4.79 Å². The summed E-state index contributed by atoms with van der Waals surface area (Å²) < 4.78 is 5.03. The van der Waals surface area contributed by atoms with Crippen molar-refractivity contribution in [3.8, 4) is 0 Å². The highest BCUT2D eigenvalue weighted by Gasteiger charge is 2.18. The summed E-state index contributed by atoms with van der Waals surface area (Å²) in [5, 5.41) is 11.7. The normalized spacial score (nSPS) is 11.5. The van der Waals surface area contributed by atoms with Crippen LogP contribution in [0.5, 0.6) is 0 Å². The van der Waals surface area contributed by atoms with Crippen LogP contribution in [0.15, 0.2) is 10.7 Å². The zero-order valence-corrected chi connectivity index (χ0v) is 10.7. The quantitative estimate of drug-likeness (QED) is 0.799. The first-order chi connectivity index (χ1) is 7.91. The molecule has 1 heterocycles. The minimum atomic E-state index is -1.08. The molecule has 0 aliphatic carbocycles. The summed E-state index contributed by atoms with van der Waals surface area (Å²) in [7, 11) is 0. The number of carboxylic acids is 1. The molecule has 0 saturated heterocycles. The number of nitrogens with one attached hydrogen (secondary N) is 1. The predicted molar refractivity (Wildman–Crippen MR) is 65.1 cm³/mol. The molecule has 0 amide bonds. The standard InChI is InChI=1S/C12H20N2O3/c1-7(2)9(8(3)4)5-13-12-14-10(6-17-12)11(15)16/h6-9H,5H2,1-4H3,(H,13,14)(H,15,16). The van der Waals surface area contributed by atoms with E-state index >= 15 is 0 Å². The van der Waals surface area contributed by atoms with Gasteiger partial charge < -0.3 is 14.8 Å². The molecular weight excluding hydrogens is 220 g/mol. The van der Waals surface area contributed by atoms with Crippen LogP contribution in [0.1, 0.15) is 38.2 Å². The smallest absolute Gasteiger partial charge is 0.357 e. The maximum atomic E-state index is 10.6. The third-order valence-electron chi connectivity index (χ3n) is 2.92. The van der Waals surface area contributed by atoms with Crippen LogP contribution in [0.2, 0.25) is 0 Å². The molecule has 0 aliphatic rings. The van der Waals surface area contributed by atoms with Crippen molar-refractivity contribution in [1.29, 1.82) is 0 Å². The number of nitrogens with zero attached hydrogens (tertiary/aromatic N) is 1. The van der Waals surface area contributed by atoms with Gasteiger partial charge in [-0.25, -0.2) is 4.79 Å². The highest BCUT2D eigenvalue weighted by atomic mass is 16.4. The molecule has 0 spiro atoms. The zero-order chi connectivity index (χ0) is 13.0. The summed E-state index contributed by atoms with van der Waals surface area (Å²) in [6, 6.07) is 0.272. The Morgan fingerprint density at radius 3 is 2.41 bits per heavy atom. The molecule has 0 saturated carbocycles. The molecule has 0 fully saturated rings. The maximum Gasteiger partial charge on any atom is 0.357 e. The fraction of sp³-hybridized carbons (Fsp3) is 0.667. The van der Waals surface area contributed by atoms with Crippen molar-refractivity contribution >= 4 is 12.0 Å². The molecule has 1 rings (SSSR count). The molecule has 5 nitrogen and oxygen atoms in total. The van der Waals surface area contributed by atoms with Crippen LogP contribution < -0.4 is 5.32 Å². The molecule has 1 aromatic heterocycles. The highest BCUT2D eigenvalue weighted by molar-refractivity contribution is 5.85.